The fraction of sp³-hybridized carbons (Fsp3) is 0.312. The molecule has 3 rings (SSSR count). The van der Waals surface area contributed by atoms with Crippen molar-refractivity contribution in [1.82, 2.24) is 25.1 Å². The third-order valence-corrected chi connectivity index (χ3v) is 3.76. The summed E-state index contributed by atoms with van der Waals surface area (Å²) in [6.45, 7) is 2.52. The van der Waals surface area contributed by atoms with Crippen molar-refractivity contribution in [1.29, 1.82) is 0 Å². The molecule has 0 fully saturated rings. The Kier molecular flexibility index (Phi) is 3.91. The number of benzene rings is 1. The van der Waals surface area contributed by atoms with Gasteiger partial charge < -0.3 is 9.88 Å². The molecule has 0 saturated carbocycles. The van der Waals surface area contributed by atoms with E-state index in [2.05, 4.69) is 20.2 Å². The van der Waals surface area contributed by atoms with Crippen molar-refractivity contribution >= 4 is 16.9 Å². The van der Waals surface area contributed by atoms with Crippen LogP contribution in [0, 0.1) is 6.92 Å². The van der Waals surface area contributed by atoms with Gasteiger partial charge in [-0.1, -0.05) is 12.1 Å². The Morgan fingerprint density at radius 2 is 2.23 bits per heavy atom. The number of para-hydroxylation sites is 1. The Balaban J connectivity index is 1.63. The van der Waals surface area contributed by atoms with Crippen molar-refractivity contribution in [2.75, 3.05) is 7.05 Å². The van der Waals surface area contributed by atoms with E-state index in [1.165, 1.54) is 0 Å². The lowest BCUT2D eigenvalue weighted by molar-refractivity contribution is -0.130. The number of rotatable bonds is 5. The number of carbonyl (C=O) groups is 1. The van der Waals surface area contributed by atoms with Crippen LogP contribution in [0.2, 0.25) is 0 Å². The van der Waals surface area contributed by atoms with Gasteiger partial charge in [-0.3, -0.25) is 9.89 Å². The molecule has 2 aromatic heterocycles. The highest BCUT2D eigenvalue weighted by molar-refractivity contribution is 5.79. The molecule has 114 valence electrons. The number of hydrogen-bond donors (Lipinski definition) is 2. The summed E-state index contributed by atoms with van der Waals surface area (Å²) < 4.78 is 0. The molecule has 1 aromatic carbocycles. The summed E-state index contributed by atoms with van der Waals surface area (Å²) >= 11 is 0. The first-order chi connectivity index (χ1) is 10.6. The van der Waals surface area contributed by atoms with Crippen LogP contribution in [0.3, 0.4) is 0 Å². The molecule has 0 saturated heterocycles. The van der Waals surface area contributed by atoms with E-state index in [1.54, 1.807) is 18.1 Å². The van der Waals surface area contributed by atoms with Crippen molar-refractivity contribution in [3.05, 3.63) is 47.5 Å². The van der Waals surface area contributed by atoms with Crippen LogP contribution in [0.25, 0.3) is 11.0 Å². The maximum absolute atomic E-state index is 12.2. The van der Waals surface area contributed by atoms with Gasteiger partial charge in [-0.2, -0.15) is 5.10 Å². The third kappa shape index (κ3) is 3.00. The molecule has 0 atom stereocenters. The highest BCUT2D eigenvalue weighted by Crippen LogP contribution is 2.16. The van der Waals surface area contributed by atoms with Crippen LogP contribution in [0.4, 0.5) is 0 Å². The van der Waals surface area contributed by atoms with E-state index in [0.717, 1.165) is 28.0 Å². The summed E-state index contributed by atoms with van der Waals surface area (Å²) in [5.74, 6) is 0.904. The van der Waals surface area contributed by atoms with Crippen LogP contribution < -0.4 is 0 Å². The van der Waals surface area contributed by atoms with Crippen LogP contribution >= 0.6 is 0 Å². The number of nitrogens with one attached hydrogen (secondary N) is 2. The molecule has 6 nitrogen and oxygen atoms in total. The number of aromatic nitrogens is 4. The van der Waals surface area contributed by atoms with Gasteiger partial charge in [-0.25, -0.2) is 4.98 Å². The normalized spacial score (nSPS) is 11.0. The van der Waals surface area contributed by atoms with Crippen molar-refractivity contribution < 1.29 is 4.79 Å². The van der Waals surface area contributed by atoms with Crippen molar-refractivity contribution in [2.45, 2.75) is 26.3 Å². The predicted molar refractivity (Wildman–Crippen MR) is 84.2 cm³/mol. The van der Waals surface area contributed by atoms with Crippen LogP contribution in [0.1, 0.15) is 23.4 Å². The largest absolute Gasteiger partial charge is 0.340 e. The first-order valence-electron chi connectivity index (χ1n) is 7.29. The number of imidazole rings is 1. The summed E-state index contributed by atoms with van der Waals surface area (Å²) in [5, 5.41) is 6.63. The Labute approximate surface area is 128 Å². The molecule has 0 aliphatic carbocycles. The molecule has 2 heterocycles. The number of amides is 1. The van der Waals surface area contributed by atoms with Gasteiger partial charge in [0.1, 0.15) is 5.82 Å². The monoisotopic (exact) mass is 297 g/mol. The van der Waals surface area contributed by atoms with E-state index in [0.29, 0.717) is 19.4 Å². The number of aryl methyl sites for hydroxylation is 2. The topological polar surface area (TPSA) is 77.7 Å². The van der Waals surface area contributed by atoms with Crippen molar-refractivity contribution in [3.8, 4) is 0 Å². The number of nitrogens with zero attached hydrogens (tertiary/aromatic N) is 3. The van der Waals surface area contributed by atoms with Crippen molar-refractivity contribution in [2.24, 2.45) is 0 Å². The molecule has 0 spiro atoms. The molecular formula is C16H19N5O. The van der Waals surface area contributed by atoms with Crippen LogP contribution in [0.15, 0.2) is 30.6 Å². The fourth-order valence-corrected chi connectivity index (χ4v) is 2.47. The number of aromatic amines is 2. The molecule has 6 heteroatoms. The summed E-state index contributed by atoms with van der Waals surface area (Å²) in [6.07, 6.45) is 4.72. The second kappa shape index (κ2) is 6.01. The Morgan fingerprint density at radius 1 is 1.36 bits per heavy atom. The Bertz CT molecular complexity index is 775. The van der Waals surface area contributed by atoms with Gasteiger partial charge in [0.15, 0.2) is 0 Å². The smallest absolute Gasteiger partial charge is 0.223 e. The van der Waals surface area contributed by atoms with E-state index < -0.39 is 0 Å². The van der Waals surface area contributed by atoms with Crippen LogP contribution in [-0.4, -0.2) is 38.0 Å². The van der Waals surface area contributed by atoms with Crippen molar-refractivity contribution in [3.63, 3.8) is 0 Å². The van der Waals surface area contributed by atoms with Gasteiger partial charge >= 0.3 is 0 Å². The first kappa shape index (κ1) is 14.3. The van der Waals surface area contributed by atoms with E-state index >= 15 is 0 Å². The Hall–Kier alpha value is -2.63. The SMILES string of the molecule is Cc1cccc2[nH]c(CN(C)C(=O)CCc3cn[nH]c3)nc12. The average Bonchev–Trinajstić information content (AvgIpc) is 3.14. The second-order valence-electron chi connectivity index (χ2n) is 5.51. The molecule has 22 heavy (non-hydrogen) atoms. The van der Waals surface area contributed by atoms with Crippen LogP contribution in [-0.2, 0) is 17.8 Å². The molecule has 2 N–H and O–H groups in total. The van der Waals surface area contributed by atoms with Gasteiger partial charge in [-0.15, -0.1) is 0 Å². The fourth-order valence-electron chi connectivity index (χ4n) is 2.47. The van der Waals surface area contributed by atoms with Gasteiger partial charge in [0.2, 0.25) is 5.91 Å². The quantitative estimate of drug-likeness (QED) is 0.757. The zero-order valence-electron chi connectivity index (χ0n) is 12.8. The summed E-state index contributed by atoms with van der Waals surface area (Å²) in [6, 6.07) is 6.03. The van der Waals surface area contributed by atoms with E-state index in [1.807, 2.05) is 31.3 Å². The number of H-pyrrole nitrogens is 2. The maximum atomic E-state index is 12.2. The van der Waals surface area contributed by atoms with Gasteiger partial charge in [-0.05, 0) is 30.5 Å². The molecule has 0 unspecified atom stereocenters. The molecular weight excluding hydrogens is 278 g/mol. The minimum atomic E-state index is 0.0957. The lowest BCUT2D eigenvalue weighted by Gasteiger charge is -2.15. The molecule has 0 radical (unpaired) electrons. The lowest BCUT2D eigenvalue weighted by Crippen LogP contribution is -2.26. The van der Waals surface area contributed by atoms with E-state index in [9.17, 15) is 4.79 Å². The van der Waals surface area contributed by atoms with Crippen LogP contribution in [0.5, 0.6) is 0 Å². The van der Waals surface area contributed by atoms with E-state index in [-0.39, 0.29) is 5.91 Å². The molecule has 0 aliphatic rings. The summed E-state index contributed by atoms with van der Waals surface area (Å²) in [4.78, 5) is 21.7. The number of carbonyl (C=O) groups excluding carboxylic acids is 1. The predicted octanol–water partition coefficient (Wildman–Crippen LogP) is 2.19. The first-order valence-corrected chi connectivity index (χ1v) is 7.29. The second-order valence-corrected chi connectivity index (χ2v) is 5.51. The summed E-state index contributed by atoms with van der Waals surface area (Å²) in [7, 11) is 1.80. The zero-order chi connectivity index (χ0) is 15.5. The van der Waals surface area contributed by atoms with Gasteiger partial charge in [0.25, 0.3) is 0 Å². The minimum absolute atomic E-state index is 0.0957. The molecule has 1 amide bonds. The highest BCUT2D eigenvalue weighted by Gasteiger charge is 2.12. The number of hydrogen-bond acceptors (Lipinski definition) is 3. The lowest BCUT2D eigenvalue weighted by atomic mass is 10.2. The number of fused-ring (bicyclic) bond motifs is 1. The highest BCUT2D eigenvalue weighted by atomic mass is 16.2. The zero-order valence-corrected chi connectivity index (χ0v) is 12.8. The maximum Gasteiger partial charge on any atom is 0.223 e. The average molecular weight is 297 g/mol. The van der Waals surface area contributed by atoms with Gasteiger partial charge in [0, 0.05) is 19.7 Å². The standard InChI is InChI=1S/C16H19N5O/c1-11-4-3-5-13-16(11)20-14(19-13)10-21(2)15(22)7-6-12-8-17-18-9-12/h3-5,8-9H,6-7,10H2,1-2H3,(H,17,18)(H,19,20). The molecule has 0 bridgehead atoms. The molecule has 0 aliphatic heterocycles. The summed E-state index contributed by atoms with van der Waals surface area (Å²) in [5.41, 5.74) is 4.15. The van der Waals surface area contributed by atoms with Gasteiger partial charge in [0.05, 0.1) is 23.8 Å². The van der Waals surface area contributed by atoms with E-state index in [4.69, 9.17) is 0 Å². The Morgan fingerprint density at radius 3 is 2.95 bits per heavy atom. The third-order valence-electron chi connectivity index (χ3n) is 3.76. The minimum Gasteiger partial charge on any atom is -0.340 e. The molecule has 3 aromatic rings.